The van der Waals surface area contributed by atoms with Gasteiger partial charge in [-0.15, -0.1) is 0 Å². The zero-order chi connectivity index (χ0) is 14.5. The van der Waals surface area contributed by atoms with Crippen molar-refractivity contribution in [1.82, 2.24) is 0 Å². The van der Waals surface area contributed by atoms with Crippen molar-refractivity contribution in [1.29, 1.82) is 0 Å². The predicted molar refractivity (Wildman–Crippen MR) is 75.0 cm³/mol. The molecule has 0 saturated heterocycles. The summed E-state index contributed by atoms with van der Waals surface area (Å²) in [5, 5.41) is 0. The van der Waals surface area contributed by atoms with Crippen molar-refractivity contribution in [3.63, 3.8) is 0 Å². The third-order valence-electron chi connectivity index (χ3n) is 3.04. The van der Waals surface area contributed by atoms with Gasteiger partial charge in [-0.05, 0) is 29.8 Å². The van der Waals surface area contributed by atoms with Crippen molar-refractivity contribution in [3.8, 4) is 11.5 Å². The standard InChI is InChI=1S/C15H19NO4/c1-17-9-11-5-7-13(20-11)15(16)10-4-6-12(18-2)14(8-10)19-3/h4-8,15H,9,16H2,1-3H3. The van der Waals surface area contributed by atoms with E-state index >= 15 is 0 Å². The quantitative estimate of drug-likeness (QED) is 0.878. The molecule has 0 fully saturated rings. The van der Waals surface area contributed by atoms with Crippen molar-refractivity contribution < 1.29 is 18.6 Å². The molecule has 0 spiro atoms. The number of benzene rings is 1. The molecule has 1 atom stereocenters. The predicted octanol–water partition coefficient (Wildman–Crippen LogP) is 2.49. The molecule has 20 heavy (non-hydrogen) atoms. The molecule has 0 aliphatic carbocycles. The van der Waals surface area contributed by atoms with Crippen LogP contribution in [0.4, 0.5) is 0 Å². The molecule has 2 rings (SSSR count). The molecule has 5 heteroatoms. The van der Waals surface area contributed by atoms with E-state index in [0.717, 1.165) is 11.3 Å². The van der Waals surface area contributed by atoms with Crippen LogP contribution in [0.5, 0.6) is 11.5 Å². The van der Waals surface area contributed by atoms with E-state index in [4.69, 9.17) is 24.4 Å². The highest BCUT2D eigenvalue weighted by atomic mass is 16.5. The first-order valence-electron chi connectivity index (χ1n) is 6.24. The Labute approximate surface area is 118 Å². The zero-order valence-corrected chi connectivity index (χ0v) is 11.9. The highest BCUT2D eigenvalue weighted by molar-refractivity contribution is 5.45. The van der Waals surface area contributed by atoms with Gasteiger partial charge in [0.1, 0.15) is 18.1 Å². The van der Waals surface area contributed by atoms with Crippen LogP contribution in [0.15, 0.2) is 34.7 Å². The molecule has 0 aliphatic heterocycles. The molecule has 0 amide bonds. The number of ether oxygens (including phenoxy) is 3. The minimum Gasteiger partial charge on any atom is -0.493 e. The van der Waals surface area contributed by atoms with Crippen LogP contribution in [0.1, 0.15) is 23.1 Å². The molecule has 2 N–H and O–H groups in total. The minimum atomic E-state index is -0.361. The Hall–Kier alpha value is -1.98. The summed E-state index contributed by atoms with van der Waals surface area (Å²) in [7, 11) is 4.81. The van der Waals surface area contributed by atoms with E-state index in [1.807, 2.05) is 30.3 Å². The number of rotatable bonds is 6. The summed E-state index contributed by atoms with van der Waals surface area (Å²) in [6, 6.07) is 8.93. The fourth-order valence-electron chi connectivity index (χ4n) is 1.99. The summed E-state index contributed by atoms with van der Waals surface area (Å²) >= 11 is 0. The number of methoxy groups -OCH3 is 3. The Morgan fingerprint density at radius 3 is 2.45 bits per heavy atom. The third kappa shape index (κ3) is 2.95. The van der Waals surface area contributed by atoms with E-state index < -0.39 is 0 Å². The zero-order valence-electron chi connectivity index (χ0n) is 11.9. The fraction of sp³-hybridized carbons (Fsp3) is 0.333. The summed E-state index contributed by atoms with van der Waals surface area (Å²) in [6.07, 6.45) is 0. The monoisotopic (exact) mass is 277 g/mol. The number of furan rings is 1. The normalized spacial score (nSPS) is 12.2. The van der Waals surface area contributed by atoms with Gasteiger partial charge in [-0.3, -0.25) is 0 Å². The number of hydrogen-bond donors (Lipinski definition) is 1. The fourth-order valence-corrected chi connectivity index (χ4v) is 1.99. The Morgan fingerprint density at radius 1 is 1.05 bits per heavy atom. The molecule has 108 valence electrons. The SMILES string of the molecule is COCc1ccc(C(N)c2ccc(OC)c(OC)c2)o1. The molecule has 1 aromatic carbocycles. The molecule has 2 aromatic rings. The smallest absolute Gasteiger partial charge is 0.161 e. The van der Waals surface area contributed by atoms with Crippen molar-refractivity contribution in [2.24, 2.45) is 5.73 Å². The molecule has 0 radical (unpaired) electrons. The average molecular weight is 277 g/mol. The number of nitrogens with two attached hydrogens (primary N) is 1. The van der Waals surface area contributed by atoms with Crippen LogP contribution < -0.4 is 15.2 Å². The van der Waals surface area contributed by atoms with Crippen LogP contribution in [0.25, 0.3) is 0 Å². The lowest BCUT2D eigenvalue weighted by Gasteiger charge is -2.13. The maximum atomic E-state index is 6.21. The summed E-state index contributed by atoms with van der Waals surface area (Å²) in [5.74, 6) is 2.75. The van der Waals surface area contributed by atoms with E-state index in [0.29, 0.717) is 23.9 Å². The Balaban J connectivity index is 2.25. The molecule has 5 nitrogen and oxygen atoms in total. The third-order valence-corrected chi connectivity index (χ3v) is 3.04. The second-order valence-corrected chi connectivity index (χ2v) is 4.33. The van der Waals surface area contributed by atoms with Gasteiger partial charge in [0.05, 0.1) is 20.3 Å². The van der Waals surface area contributed by atoms with Gasteiger partial charge in [0.2, 0.25) is 0 Å². The molecular weight excluding hydrogens is 258 g/mol. The average Bonchev–Trinajstić information content (AvgIpc) is 2.94. The maximum Gasteiger partial charge on any atom is 0.161 e. The Kier molecular flexibility index (Phi) is 4.65. The van der Waals surface area contributed by atoms with Crippen LogP contribution >= 0.6 is 0 Å². The molecule has 0 aliphatic rings. The van der Waals surface area contributed by atoms with Gasteiger partial charge in [-0.25, -0.2) is 0 Å². The van der Waals surface area contributed by atoms with Crippen LogP contribution in [-0.2, 0) is 11.3 Å². The van der Waals surface area contributed by atoms with Crippen molar-refractivity contribution in [2.45, 2.75) is 12.6 Å². The molecule has 1 aromatic heterocycles. The summed E-state index contributed by atoms with van der Waals surface area (Å²) in [6.45, 7) is 0.429. The number of hydrogen-bond acceptors (Lipinski definition) is 5. The molecule has 1 unspecified atom stereocenters. The van der Waals surface area contributed by atoms with Gasteiger partial charge in [0, 0.05) is 7.11 Å². The second kappa shape index (κ2) is 6.45. The van der Waals surface area contributed by atoms with E-state index in [1.165, 1.54) is 0 Å². The molecule has 0 bridgehead atoms. The van der Waals surface area contributed by atoms with Crippen LogP contribution in [-0.4, -0.2) is 21.3 Å². The van der Waals surface area contributed by atoms with Crippen LogP contribution in [0, 0.1) is 0 Å². The lowest BCUT2D eigenvalue weighted by atomic mass is 10.0. The largest absolute Gasteiger partial charge is 0.493 e. The highest BCUT2D eigenvalue weighted by Gasteiger charge is 2.15. The lowest BCUT2D eigenvalue weighted by Crippen LogP contribution is -2.11. The summed E-state index contributed by atoms with van der Waals surface area (Å²) in [4.78, 5) is 0. The first-order valence-corrected chi connectivity index (χ1v) is 6.24. The van der Waals surface area contributed by atoms with E-state index in [-0.39, 0.29) is 6.04 Å². The van der Waals surface area contributed by atoms with E-state index in [9.17, 15) is 0 Å². The maximum absolute atomic E-state index is 6.21. The van der Waals surface area contributed by atoms with E-state index in [1.54, 1.807) is 21.3 Å². The van der Waals surface area contributed by atoms with Gasteiger partial charge < -0.3 is 24.4 Å². The topological polar surface area (TPSA) is 66.9 Å². The Bertz CT molecular complexity index is 565. The van der Waals surface area contributed by atoms with E-state index in [2.05, 4.69) is 0 Å². The summed E-state index contributed by atoms with van der Waals surface area (Å²) in [5.41, 5.74) is 7.10. The highest BCUT2D eigenvalue weighted by Crippen LogP contribution is 2.31. The Morgan fingerprint density at radius 2 is 1.80 bits per heavy atom. The van der Waals surface area contributed by atoms with Gasteiger partial charge in [-0.1, -0.05) is 6.07 Å². The van der Waals surface area contributed by atoms with Crippen LogP contribution in [0.3, 0.4) is 0 Å². The van der Waals surface area contributed by atoms with Crippen LogP contribution in [0.2, 0.25) is 0 Å². The van der Waals surface area contributed by atoms with Gasteiger partial charge >= 0.3 is 0 Å². The van der Waals surface area contributed by atoms with Gasteiger partial charge in [0.15, 0.2) is 11.5 Å². The first kappa shape index (κ1) is 14.4. The second-order valence-electron chi connectivity index (χ2n) is 4.33. The van der Waals surface area contributed by atoms with Gasteiger partial charge in [-0.2, -0.15) is 0 Å². The van der Waals surface area contributed by atoms with Gasteiger partial charge in [0.25, 0.3) is 0 Å². The van der Waals surface area contributed by atoms with Crippen molar-refractivity contribution in [2.75, 3.05) is 21.3 Å². The molecule has 0 saturated carbocycles. The lowest BCUT2D eigenvalue weighted by molar-refractivity contribution is 0.162. The van der Waals surface area contributed by atoms with Crippen molar-refractivity contribution >= 4 is 0 Å². The van der Waals surface area contributed by atoms with Crippen molar-refractivity contribution in [3.05, 3.63) is 47.4 Å². The summed E-state index contributed by atoms with van der Waals surface area (Å²) < 4.78 is 21.2. The molecular formula is C15H19NO4. The molecule has 1 heterocycles. The minimum absolute atomic E-state index is 0.361. The first-order chi connectivity index (χ1) is 9.69.